The van der Waals surface area contributed by atoms with E-state index in [9.17, 15) is 9.59 Å². The third kappa shape index (κ3) is 7.11. The van der Waals surface area contributed by atoms with Crippen LogP contribution in [-0.4, -0.2) is 67.0 Å². The average molecular weight is 566 g/mol. The number of nitrogens with one attached hydrogen (secondary N) is 1. The molecule has 1 N–H and O–H groups in total. The third-order valence-electron chi connectivity index (χ3n) is 8.67. The van der Waals surface area contributed by atoms with Crippen LogP contribution in [0.15, 0.2) is 78.4 Å². The van der Waals surface area contributed by atoms with E-state index < -0.39 is 0 Å². The fourth-order valence-corrected chi connectivity index (χ4v) is 6.02. The van der Waals surface area contributed by atoms with Crippen LogP contribution in [0.4, 0.5) is 0 Å². The first-order valence-electron chi connectivity index (χ1n) is 15.1. The summed E-state index contributed by atoms with van der Waals surface area (Å²) in [5.74, 6) is 1.02. The SMILES string of the molecule is CC(=O)N1CC2CC(c3ccc(CCCOc4ccc(C)c(C)c4)cc3)=C(C(=O)N(C)CCc3ccccc3)[C@@H](C1)N2. The molecular formula is C36H43N3O3. The number of ether oxygens (including phenoxy) is 1. The number of rotatable bonds is 10. The molecule has 2 aliphatic rings. The van der Waals surface area contributed by atoms with E-state index in [2.05, 4.69) is 67.7 Å². The third-order valence-corrected chi connectivity index (χ3v) is 8.67. The Morgan fingerprint density at radius 3 is 2.38 bits per heavy atom. The Hall–Kier alpha value is -3.90. The molecule has 0 radical (unpaired) electrons. The molecule has 0 spiro atoms. The van der Waals surface area contributed by atoms with Crippen molar-refractivity contribution in [1.29, 1.82) is 0 Å². The molecule has 2 aliphatic heterocycles. The van der Waals surface area contributed by atoms with Crippen LogP contribution in [-0.2, 0) is 22.4 Å². The van der Waals surface area contributed by atoms with Gasteiger partial charge >= 0.3 is 0 Å². The van der Waals surface area contributed by atoms with Crippen molar-refractivity contribution in [2.24, 2.45) is 0 Å². The van der Waals surface area contributed by atoms with Crippen LogP contribution in [0.3, 0.4) is 0 Å². The van der Waals surface area contributed by atoms with Crippen LogP contribution >= 0.6 is 0 Å². The molecule has 2 bridgehead atoms. The number of nitrogens with zero attached hydrogens (tertiary/aromatic N) is 2. The molecule has 42 heavy (non-hydrogen) atoms. The maximum absolute atomic E-state index is 14.0. The van der Waals surface area contributed by atoms with E-state index in [1.807, 2.05) is 41.1 Å². The molecule has 1 fully saturated rings. The molecule has 0 aliphatic carbocycles. The van der Waals surface area contributed by atoms with E-state index in [1.54, 1.807) is 6.92 Å². The number of piperazine rings is 1. The Morgan fingerprint density at radius 1 is 0.929 bits per heavy atom. The molecule has 2 heterocycles. The molecule has 5 rings (SSSR count). The first-order chi connectivity index (χ1) is 20.3. The number of carbonyl (C=O) groups excluding carboxylic acids is 2. The second kappa shape index (κ2) is 13.4. The van der Waals surface area contributed by atoms with Crippen LogP contribution in [0.2, 0.25) is 0 Å². The summed E-state index contributed by atoms with van der Waals surface area (Å²) in [5.41, 5.74) is 7.98. The quantitative estimate of drug-likeness (QED) is 0.336. The van der Waals surface area contributed by atoms with Crippen LogP contribution in [0.1, 0.15) is 47.6 Å². The van der Waals surface area contributed by atoms with Gasteiger partial charge in [0, 0.05) is 45.2 Å². The minimum absolute atomic E-state index is 0.0369. The number of carbonyl (C=O) groups is 2. The zero-order chi connectivity index (χ0) is 29.6. The van der Waals surface area contributed by atoms with Crippen molar-refractivity contribution in [3.8, 4) is 5.75 Å². The lowest BCUT2D eigenvalue weighted by Crippen LogP contribution is -2.61. The van der Waals surface area contributed by atoms with Crippen molar-refractivity contribution in [1.82, 2.24) is 15.1 Å². The number of fused-ring (bicyclic) bond motifs is 2. The zero-order valence-corrected chi connectivity index (χ0v) is 25.4. The van der Waals surface area contributed by atoms with E-state index in [4.69, 9.17) is 4.74 Å². The highest BCUT2D eigenvalue weighted by molar-refractivity contribution is 6.03. The first kappa shape index (κ1) is 29.6. The Bertz CT molecular complexity index is 1430. The van der Waals surface area contributed by atoms with Crippen molar-refractivity contribution in [2.75, 3.05) is 33.3 Å². The lowest BCUT2D eigenvalue weighted by atomic mass is 9.82. The van der Waals surface area contributed by atoms with Gasteiger partial charge in [0.1, 0.15) is 5.75 Å². The largest absolute Gasteiger partial charge is 0.494 e. The molecule has 6 heteroatoms. The smallest absolute Gasteiger partial charge is 0.251 e. The highest BCUT2D eigenvalue weighted by atomic mass is 16.5. The van der Waals surface area contributed by atoms with Crippen LogP contribution < -0.4 is 10.1 Å². The molecule has 220 valence electrons. The van der Waals surface area contributed by atoms with E-state index in [0.717, 1.165) is 48.1 Å². The summed E-state index contributed by atoms with van der Waals surface area (Å²) < 4.78 is 5.98. The van der Waals surface area contributed by atoms with Gasteiger partial charge in [-0.05, 0) is 85.1 Å². The molecule has 2 amide bonds. The molecule has 1 saturated heterocycles. The number of benzene rings is 3. The predicted octanol–water partition coefficient (Wildman–Crippen LogP) is 5.36. The van der Waals surface area contributed by atoms with Gasteiger partial charge < -0.3 is 19.9 Å². The second-order valence-electron chi connectivity index (χ2n) is 11.8. The summed E-state index contributed by atoms with van der Waals surface area (Å²) in [6.45, 7) is 8.32. The van der Waals surface area contributed by atoms with Crippen molar-refractivity contribution >= 4 is 17.4 Å². The van der Waals surface area contributed by atoms with Crippen LogP contribution in [0.25, 0.3) is 5.57 Å². The molecule has 1 unspecified atom stereocenters. The maximum atomic E-state index is 14.0. The Kier molecular flexibility index (Phi) is 9.43. The fourth-order valence-electron chi connectivity index (χ4n) is 6.02. The van der Waals surface area contributed by atoms with Gasteiger partial charge in [0.2, 0.25) is 5.91 Å². The Labute approximate surface area is 250 Å². The summed E-state index contributed by atoms with van der Waals surface area (Å²) in [6.07, 6.45) is 3.38. The summed E-state index contributed by atoms with van der Waals surface area (Å²) in [6, 6.07) is 25.1. The summed E-state index contributed by atoms with van der Waals surface area (Å²) in [7, 11) is 1.89. The maximum Gasteiger partial charge on any atom is 0.251 e. The van der Waals surface area contributed by atoms with Gasteiger partial charge in [-0.2, -0.15) is 0 Å². The fraction of sp³-hybridized carbons (Fsp3) is 0.389. The lowest BCUT2D eigenvalue weighted by molar-refractivity contribution is -0.132. The molecule has 0 saturated carbocycles. The van der Waals surface area contributed by atoms with Gasteiger partial charge in [-0.3, -0.25) is 9.59 Å². The van der Waals surface area contributed by atoms with Crippen molar-refractivity contribution in [3.05, 3.63) is 106 Å². The van der Waals surface area contributed by atoms with Crippen molar-refractivity contribution < 1.29 is 14.3 Å². The van der Waals surface area contributed by atoms with Gasteiger partial charge in [0.25, 0.3) is 5.91 Å². The minimum Gasteiger partial charge on any atom is -0.494 e. The Morgan fingerprint density at radius 2 is 1.67 bits per heavy atom. The van der Waals surface area contributed by atoms with Gasteiger partial charge in [-0.1, -0.05) is 60.7 Å². The number of likely N-dealkylation sites (N-methyl/N-ethyl adjacent to an activating group) is 1. The van der Waals surface area contributed by atoms with E-state index >= 15 is 0 Å². The van der Waals surface area contributed by atoms with Crippen LogP contribution in [0.5, 0.6) is 5.75 Å². The second-order valence-corrected chi connectivity index (χ2v) is 11.8. The summed E-state index contributed by atoms with van der Waals surface area (Å²) >= 11 is 0. The monoisotopic (exact) mass is 565 g/mol. The van der Waals surface area contributed by atoms with E-state index in [0.29, 0.717) is 26.2 Å². The van der Waals surface area contributed by atoms with Gasteiger partial charge in [-0.25, -0.2) is 0 Å². The van der Waals surface area contributed by atoms with E-state index in [1.165, 1.54) is 22.3 Å². The Balaban J connectivity index is 1.29. The summed E-state index contributed by atoms with van der Waals surface area (Å²) in [5, 5.41) is 3.65. The molecule has 3 aromatic carbocycles. The topological polar surface area (TPSA) is 61.9 Å². The molecule has 2 atom stereocenters. The standard InChI is InChI=1S/C36H43N3O3/c1-25-12-17-32(21-26(25)2)42-20-8-11-29-13-15-30(16-14-29)33-22-31-23-39(27(3)40)24-34(37-31)35(33)36(41)38(4)19-18-28-9-6-5-7-10-28/h5-7,9-10,12-17,21,31,34,37H,8,11,18-20,22-24H2,1-4H3/t31?,34-/m1/s1. The number of amides is 2. The molecule has 0 aromatic heterocycles. The van der Waals surface area contributed by atoms with Gasteiger partial charge in [0.05, 0.1) is 12.6 Å². The number of hydrogen-bond acceptors (Lipinski definition) is 4. The van der Waals surface area contributed by atoms with Crippen molar-refractivity contribution in [2.45, 2.75) is 58.5 Å². The molecular weight excluding hydrogens is 522 g/mol. The van der Waals surface area contributed by atoms with Crippen molar-refractivity contribution in [3.63, 3.8) is 0 Å². The number of hydrogen-bond donors (Lipinski definition) is 1. The van der Waals surface area contributed by atoms with E-state index in [-0.39, 0.29) is 23.9 Å². The first-order valence-corrected chi connectivity index (χ1v) is 15.1. The number of aryl methyl sites for hydroxylation is 3. The highest BCUT2D eigenvalue weighted by Gasteiger charge is 2.39. The lowest BCUT2D eigenvalue weighted by Gasteiger charge is -2.44. The normalized spacial score (nSPS) is 18.1. The average Bonchev–Trinajstić information content (AvgIpc) is 3.00. The van der Waals surface area contributed by atoms with Gasteiger partial charge in [0.15, 0.2) is 0 Å². The van der Waals surface area contributed by atoms with Crippen LogP contribution in [0, 0.1) is 13.8 Å². The molecule has 3 aromatic rings. The minimum atomic E-state index is -0.176. The highest BCUT2D eigenvalue weighted by Crippen LogP contribution is 2.34. The summed E-state index contributed by atoms with van der Waals surface area (Å²) in [4.78, 5) is 30.0. The predicted molar refractivity (Wildman–Crippen MR) is 168 cm³/mol. The zero-order valence-electron chi connectivity index (χ0n) is 25.4. The van der Waals surface area contributed by atoms with Gasteiger partial charge in [-0.15, -0.1) is 0 Å². The molecule has 6 nitrogen and oxygen atoms in total.